The van der Waals surface area contributed by atoms with Crippen LogP contribution in [0.4, 0.5) is 19.0 Å². The van der Waals surface area contributed by atoms with Crippen LogP contribution in [0.15, 0.2) is 12.1 Å². The molecule has 1 rings (SSSR count). The fraction of sp³-hybridized carbons (Fsp3) is 0.545. The van der Waals surface area contributed by atoms with E-state index < -0.39 is 12.7 Å². The van der Waals surface area contributed by atoms with Crippen molar-refractivity contribution in [3.8, 4) is 0 Å². The zero-order valence-electron chi connectivity index (χ0n) is 9.88. The Morgan fingerprint density at radius 1 is 1.35 bits per heavy atom. The van der Waals surface area contributed by atoms with E-state index in [0.29, 0.717) is 17.1 Å². The molecule has 17 heavy (non-hydrogen) atoms. The molecule has 3 nitrogen and oxygen atoms in total. The summed E-state index contributed by atoms with van der Waals surface area (Å²) in [4.78, 5) is 5.33. The summed E-state index contributed by atoms with van der Waals surface area (Å²) in [6.07, 6.45) is -4.24. The summed E-state index contributed by atoms with van der Waals surface area (Å²) >= 11 is 0. The summed E-state index contributed by atoms with van der Waals surface area (Å²) in [5, 5.41) is 0. The highest BCUT2D eigenvalue weighted by atomic mass is 19.4. The van der Waals surface area contributed by atoms with E-state index in [1.54, 1.807) is 26.0 Å². The molecule has 0 unspecified atom stereocenters. The average molecular weight is 247 g/mol. The second-order valence-electron chi connectivity index (χ2n) is 3.77. The lowest BCUT2D eigenvalue weighted by molar-refractivity contribution is -0.119. The number of rotatable bonds is 4. The molecule has 1 heterocycles. The zero-order valence-corrected chi connectivity index (χ0v) is 9.88. The first-order valence-electron chi connectivity index (χ1n) is 5.35. The van der Waals surface area contributed by atoms with Crippen LogP contribution in [0, 0.1) is 6.92 Å². The Morgan fingerprint density at radius 3 is 2.47 bits per heavy atom. The van der Waals surface area contributed by atoms with Gasteiger partial charge in [0.15, 0.2) is 0 Å². The van der Waals surface area contributed by atoms with E-state index in [1.807, 2.05) is 0 Å². The van der Waals surface area contributed by atoms with Crippen LogP contribution >= 0.6 is 0 Å². The molecule has 2 N–H and O–H groups in total. The quantitative estimate of drug-likeness (QED) is 0.887. The van der Waals surface area contributed by atoms with Gasteiger partial charge in [-0.3, -0.25) is 0 Å². The van der Waals surface area contributed by atoms with Gasteiger partial charge in [-0.25, -0.2) is 4.98 Å². The van der Waals surface area contributed by atoms with Crippen molar-refractivity contribution >= 4 is 5.82 Å². The maximum Gasteiger partial charge on any atom is 0.405 e. The average Bonchev–Trinajstić information content (AvgIpc) is 2.24. The Balaban J connectivity index is 3.06. The van der Waals surface area contributed by atoms with Crippen LogP contribution in [-0.4, -0.2) is 24.2 Å². The van der Waals surface area contributed by atoms with Crippen molar-refractivity contribution in [2.45, 2.75) is 26.6 Å². The minimum Gasteiger partial charge on any atom is -0.348 e. The molecule has 0 aliphatic rings. The van der Waals surface area contributed by atoms with Crippen molar-refractivity contribution < 1.29 is 13.2 Å². The van der Waals surface area contributed by atoms with E-state index in [-0.39, 0.29) is 13.1 Å². The van der Waals surface area contributed by atoms with Crippen molar-refractivity contribution in [3.05, 3.63) is 23.4 Å². The molecule has 0 saturated carbocycles. The molecule has 0 atom stereocenters. The smallest absolute Gasteiger partial charge is 0.348 e. The molecule has 96 valence electrons. The van der Waals surface area contributed by atoms with Crippen molar-refractivity contribution in [3.63, 3.8) is 0 Å². The van der Waals surface area contributed by atoms with Crippen LogP contribution < -0.4 is 10.6 Å². The summed E-state index contributed by atoms with van der Waals surface area (Å²) in [7, 11) is 0. The molecule has 0 aliphatic heterocycles. The highest BCUT2D eigenvalue weighted by Crippen LogP contribution is 2.23. The predicted molar refractivity (Wildman–Crippen MR) is 60.8 cm³/mol. The van der Waals surface area contributed by atoms with Crippen LogP contribution in [0.2, 0.25) is 0 Å². The third-order valence-electron chi connectivity index (χ3n) is 2.37. The van der Waals surface area contributed by atoms with Crippen molar-refractivity contribution in [1.82, 2.24) is 4.98 Å². The Labute approximate surface area is 98.4 Å². The first kappa shape index (κ1) is 13.8. The largest absolute Gasteiger partial charge is 0.405 e. The van der Waals surface area contributed by atoms with Crippen LogP contribution in [0.5, 0.6) is 0 Å². The molecule has 1 aromatic rings. The van der Waals surface area contributed by atoms with Gasteiger partial charge in [-0.1, -0.05) is 6.07 Å². The summed E-state index contributed by atoms with van der Waals surface area (Å²) in [5.41, 5.74) is 6.81. The highest BCUT2D eigenvalue weighted by Gasteiger charge is 2.31. The number of anilines is 1. The summed E-state index contributed by atoms with van der Waals surface area (Å²) in [5.74, 6) is 0.326. The van der Waals surface area contributed by atoms with E-state index in [0.717, 1.165) is 0 Å². The van der Waals surface area contributed by atoms with Gasteiger partial charge < -0.3 is 10.6 Å². The standard InChI is InChI=1S/C11H16F3N3/c1-3-17(7-11(12,13)14)10-9(6-15)5-4-8(2)16-10/h4-5H,3,6-7,15H2,1-2H3. The Bertz CT molecular complexity index is 377. The van der Waals surface area contributed by atoms with E-state index in [1.165, 1.54) is 4.90 Å². The second-order valence-corrected chi connectivity index (χ2v) is 3.77. The number of pyridine rings is 1. The normalized spacial score (nSPS) is 11.6. The van der Waals surface area contributed by atoms with Gasteiger partial charge in [0.05, 0.1) is 0 Å². The molecule has 0 spiro atoms. The van der Waals surface area contributed by atoms with Crippen LogP contribution in [0.3, 0.4) is 0 Å². The number of aromatic nitrogens is 1. The number of halogens is 3. The number of nitrogens with zero attached hydrogens (tertiary/aromatic N) is 2. The third-order valence-corrected chi connectivity index (χ3v) is 2.37. The fourth-order valence-corrected chi connectivity index (χ4v) is 1.56. The SMILES string of the molecule is CCN(CC(F)(F)F)c1nc(C)ccc1CN. The fourth-order valence-electron chi connectivity index (χ4n) is 1.56. The molecule has 0 amide bonds. The molecule has 1 aromatic heterocycles. The monoisotopic (exact) mass is 247 g/mol. The lowest BCUT2D eigenvalue weighted by Crippen LogP contribution is -2.35. The third kappa shape index (κ3) is 3.89. The molecule has 0 saturated heterocycles. The van der Waals surface area contributed by atoms with Gasteiger partial charge in [-0.05, 0) is 19.9 Å². The Hall–Kier alpha value is -1.30. The summed E-state index contributed by atoms with van der Waals surface area (Å²) in [6.45, 7) is 2.81. The van der Waals surface area contributed by atoms with Crippen LogP contribution in [0.1, 0.15) is 18.2 Å². The molecule has 6 heteroatoms. The summed E-state index contributed by atoms with van der Waals surface area (Å²) < 4.78 is 37.2. The number of aryl methyl sites for hydroxylation is 1. The predicted octanol–water partition coefficient (Wildman–Crippen LogP) is 2.24. The van der Waals surface area contributed by atoms with Gasteiger partial charge in [-0.15, -0.1) is 0 Å². The van der Waals surface area contributed by atoms with E-state index in [4.69, 9.17) is 5.73 Å². The van der Waals surface area contributed by atoms with Gasteiger partial charge in [-0.2, -0.15) is 13.2 Å². The number of alkyl halides is 3. The van der Waals surface area contributed by atoms with E-state index in [2.05, 4.69) is 4.98 Å². The molecule has 0 aromatic carbocycles. The Morgan fingerprint density at radius 2 is 2.00 bits per heavy atom. The lowest BCUT2D eigenvalue weighted by Gasteiger charge is -2.25. The highest BCUT2D eigenvalue weighted by molar-refractivity contribution is 5.47. The van der Waals surface area contributed by atoms with Gasteiger partial charge in [0.25, 0.3) is 0 Å². The van der Waals surface area contributed by atoms with Crippen molar-refractivity contribution in [2.24, 2.45) is 5.73 Å². The first-order chi connectivity index (χ1) is 7.87. The molecule has 0 radical (unpaired) electrons. The number of hydrogen-bond acceptors (Lipinski definition) is 3. The molecule has 0 fully saturated rings. The summed E-state index contributed by atoms with van der Waals surface area (Å²) in [6, 6.07) is 3.46. The maximum atomic E-state index is 12.4. The molecule has 0 bridgehead atoms. The number of hydrogen-bond donors (Lipinski definition) is 1. The van der Waals surface area contributed by atoms with Crippen molar-refractivity contribution in [2.75, 3.05) is 18.0 Å². The first-order valence-corrected chi connectivity index (χ1v) is 5.35. The Kier molecular flexibility index (Phi) is 4.34. The second kappa shape index (κ2) is 5.35. The zero-order chi connectivity index (χ0) is 13.1. The van der Waals surface area contributed by atoms with E-state index in [9.17, 15) is 13.2 Å². The minimum atomic E-state index is -4.24. The lowest BCUT2D eigenvalue weighted by atomic mass is 10.2. The van der Waals surface area contributed by atoms with Gasteiger partial charge in [0.1, 0.15) is 12.4 Å². The maximum absolute atomic E-state index is 12.4. The van der Waals surface area contributed by atoms with Crippen LogP contribution in [-0.2, 0) is 6.54 Å². The van der Waals surface area contributed by atoms with Gasteiger partial charge in [0.2, 0.25) is 0 Å². The number of nitrogens with two attached hydrogens (primary N) is 1. The molecular weight excluding hydrogens is 231 g/mol. The van der Waals surface area contributed by atoms with E-state index >= 15 is 0 Å². The minimum absolute atomic E-state index is 0.178. The van der Waals surface area contributed by atoms with Crippen LogP contribution in [0.25, 0.3) is 0 Å². The molecular formula is C11H16F3N3. The van der Waals surface area contributed by atoms with Gasteiger partial charge in [0, 0.05) is 24.3 Å². The van der Waals surface area contributed by atoms with Gasteiger partial charge >= 0.3 is 6.18 Å². The topological polar surface area (TPSA) is 42.2 Å². The molecule has 0 aliphatic carbocycles. The van der Waals surface area contributed by atoms with Crippen molar-refractivity contribution in [1.29, 1.82) is 0 Å².